The quantitative estimate of drug-likeness (QED) is 0.846. The molecule has 0 fully saturated rings. The molecule has 0 aliphatic heterocycles. The van der Waals surface area contributed by atoms with Crippen molar-refractivity contribution in [1.29, 1.82) is 0 Å². The molecule has 0 bridgehead atoms. The Morgan fingerprint density at radius 1 is 1.33 bits per heavy atom. The van der Waals surface area contributed by atoms with Crippen LogP contribution in [0.3, 0.4) is 0 Å². The number of anilines is 1. The summed E-state index contributed by atoms with van der Waals surface area (Å²) in [5.74, 6) is -0.561. The van der Waals surface area contributed by atoms with E-state index in [4.69, 9.17) is 5.73 Å². The monoisotopic (exact) mass is 264 g/mol. The molecule has 1 aromatic carbocycles. The van der Waals surface area contributed by atoms with Crippen LogP contribution in [0.15, 0.2) is 18.2 Å². The predicted octanol–water partition coefficient (Wildman–Crippen LogP) is 3.23. The summed E-state index contributed by atoms with van der Waals surface area (Å²) in [6.07, 6.45) is -5.25. The van der Waals surface area contributed by atoms with Gasteiger partial charge >= 0.3 is 6.18 Å². The molecule has 0 saturated carbocycles. The summed E-state index contributed by atoms with van der Waals surface area (Å²) in [5, 5.41) is 0. The zero-order valence-electron chi connectivity index (χ0n) is 10.3. The van der Waals surface area contributed by atoms with E-state index in [0.29, 0.717) is 5.56 Å². The Morgan fingerprint density at radius 2 is 1.94 bits per heavy atom. The van der Waals surface area contributed by atoms with Gasteiger partial charge in [-0.3, -0.25) is 0 Å². The Morgan fingerprint density at radius 3 is 2.44 bits per heavy atom. The third-order valence-corrected chi connectivity index (χ3v) is 2.62. The number of nitrogens with two attached hydrogens (primary N) is 1. The van der Waals surface area contributed by atoms with Crippen LogP contribution in [0.25, 0.3) is 0 Å². The van der Waals surface area contributed by atoms with Crippen molar-refractivity contribution in [2.45, 2.75) is 25.6 Å². The smallest absolute Gasteiger partial charge is 0.372 e. The number of halogens is 4. The van der Waals surface area contributed by atoms with E-state index in [1.807, 2.05) is 0 Å². The first-order valence-electron chi connectivity index (χ1n) is 5.54. The highest BCUT2D eigenvalue weighted by Gasteiger charge is 2.28. The normalized spacial score (nSPS) is 13.5. The summed E-state index contributed by atoms with van der Waals surface area (Å²) < 4.78 is 50.1. The Balaban J connectivity index is 2.94. The zero-order valence-corrected chi connectivity index (χ0v) is 10.3. The third-order valence-electron chi connectivity index (χ3n) is 2.62. The van der Waals surface area contributed by atoms with Gasteiger partial charge < -0.3 is 10.6 Å². The van der Waals surface area contributed by atoms with Gasteiger partial charge in [-0.25, -0.2) is 4.39 Å². The second-order valence-corrected chi connectivity index (χ2v) is 4.25. The van der Waals surface area contributed by atoms with Gasteiger partial charge in [0.15, 0.2) is 0 Å². The number of alkyl halides is 3. The molecule has 0 aromatic heterocycles. The highest BCUT2D eigenvalue weighted by Crippen LogP contribution is 2.29. The Kier molecular flexibility index (Phi) is 4.56. The van der Waals surface area contributed by atoms with Gasteiger partial charge in [-0.2, -0.15) is 13.2 Å². The summed E-state index contributed by atoms with van der Waals surface area (Å²) in [6.45, 7) is 1.36. The number of hydrogen-bond donors (Lipinski definition) is 1. The van der Waals surface area contributed by atoms with E-state index in [1.165, 1.54) is 24.1 Å². The average Bonchev–Trinajstić information content (AvgIpc) is 2.24. The molecule has 102 valence electrons. The molecule has 0 saturated heterocycles. The Hall–Kier alpha value is -1.30. The molecule has 2 nitrogen and oxygen atoms in total. The largest absolute Gasteiger partial charge is 0.390 e. The van der Waals surface area contributed by atoms with Crippen LogP contribution in [0.2, 0.25) is 0 Å². The fourth-order valence-electron chi connectivity index (χ4n) is 1.71. The lowest BCUT2D eigenvalue weighted by Gasteiger charge is -2.25. The van der Waals surface area contributed by atoms with Gasteiger partial charge in [-0.05, 0) is 18.6 Å². The van der Waals surface area contributed by atoms with Crippen LogP contribution in [0, 0.1) is 5.82 Å². The van der Waals surface area contributed by atoms with Gasteiger partial charge in [-0.1, -0.05) is 12.1 Å². The van der Waals surface area contributed by atoms with Gasteiger partial charge in [0.05, 0.1) is 12.1 Å². The molecule has 1 rings (SSSR count). The lowest BCUT2D eigenvalue weighted by molar-refractivity contribution is -0.132. The summed E-state index contributed by atoms with van der Waals surface area (Å²) in [5.41, 5.74) is 6.32. The third kappa shape index (κ3) is 3.87. The number of hydrogen-bond acceptors (Lipinski definition) is 2. The van der Waals surface area contributed by atoms with Crippen molar-refractivity contribution in [3.05, 3.63) is 29.6 Å². The van der Waals surface area contributed by atoms with Crippen molar-refractivity contribution in [1.82, 2.24) is 0 Å². The Bertz CT molecular complexity index is 402. The van der Waals surface area contributed by atoms with E-state index >= 15 is 0 Å². The predicted molar refractivity (Wildman–Crippen MR) is 62.9 cm³/mol. The maximum absolute atomic E-state index is 13.7. The molecule has 1 atom stereocenters. The molecular formula is C12H16F4N2. The van der Waals surface area contributed by atoms with Gasteiger partial charge in [-0.15, -0.1) is 0 Å². The van der Waals surface area contributed by atoms with E-state index in [-0.39, 0.29) is 12.2 Å². The van der Waals surface area contributed by atoms with Crippen LogP contribution in [0.4, 0.5) is 23.2 Å². The van der Waals surface area contributed by atoms with E-state index in [2.05, 4.69) is 0 Å². The molecule has 0 radical (unpaired) electrons. The molecule has 0 aliphatic rings. The highest BCUT2D eigenvalue weighted by atomic mass is 19.4. The summed E-state index contributed by atoms with van der Waals surface area (Å²) in [4.78, 5) is 1.25. The van der Waals surface area contributed by atoms with Crippen LogP contribution < -0.4 is 10.6 Å². The molecule has 2 N–H and O–H groups in total. The number of para-hydroxylation sites is 1. The van der Waals surface area contributed by atoms with Crippen molar-refractivity contribution in [3.8, 4) is 0 Å². The zero-order chi connectivity index (χ0) is 13.9. The van der Waals surface area contributed by atoms with Crippen LogP contribution in [0.1, 0.15) is 24.9 Å². The summed E-state index contributed by atoms with van der Waals surface area (Å²) in [7, 11) is 1.43. The van der Waals surface area contributed by atoms with Gasteiger partial charge in [0.25, 0.3) is 0 Å². The average molecular weight is 264 g/mol. The molecule has 18 heavy (non-hydrogen) atoms. The molecule has 1 unspecified atom stereocenters. The molecular weight excluding hydrogens is 248 g/mol. The van der Waals surface area contributed by atoms with E-state index in [9.17, 15) is 17.6 Å². The molecule has 0 heterocycles. The van der Waals surface area contributed by atoms with E-state index in [1.54, 1.807) is 13.0 Å². The number of benzene rings is 1. The molecule has 6 heteroatoms. The van der Waals surface area contributed by atoms with E-state index in [0.717, 1.165) is 0 Å². The van der Waals surface area contributed by atoms with Crippen molar-refractivity contribution >= 4 is 5.69 Å². The topological polar surface area (TPSA) is 29.3 Å². The number of nitrogens with zero attached hydrogens (tertiary/aromatic N) is 1. The maximum atomic E-state index is 13.7. The minimum absolute atomic E-state index is 0.136. The van der Waals surface area contributed by atoms with Gasteiger partial charge in [0.1, 0.15) is 5.82 Å². The lowest BCUT2D eigenvalue weighted by Crippen LogP contribution is -2.26. The van der Waals surface area contributed by atoms with Crippen LogP contribution in [0.5, 0.6) is 0 Å². The summed E-state index contributed by atoms with van der Waals surface area (Å²) >= 11 is 0. The van der Waals surface area contributed by atoms with Gasteiger partial charge in [0, 0.05) is 19.6 Å². The lowest BCUT2D eigenvalue weighted by atomic mass is 10.1. The van der Waals surface area contributed by atoms with E-state index < -0.39 is 24.5 Å². The minimum Gasteiger partial charge on any atom is -0.372 e. The second-order valence-electron chi connectivity index (χ2n) is 4.25. The molecule has 1 aromatic rings. The molecule has 0 amide bonds. The minimum atomic E-state index is -4.26. The number of rotatable bonds is 4. The first-order chi connectivity index (χ1) is 8.22. The Labute approximate surface area is 103 Å². The fourth-order valence-corrected chi connectivity index (χ4v) is 1.71. The maximum Gasteiger partial charge on any atom is 0.390 e. The van der Waals surface area contributed by atoms with Gasteiger partial charge in [0.2, 0.25) is 0 Å². The SMILES string of the molecule is CC(N)c1cccc(F)c1N(C)CCC(F)(F)F. The second kappa shape index (κ2) is 5.56. The van der Waals surface area contributed by atoms with Crippen LogP contribution >= 0.6 is 0 Å². The fraction of sp³-hybridized carbons (Fsp3) is 0.500. The van der Waals surface area contributed by atoms with Crippen LogP contribution in [-0.2, 0) is 0 Å². The van der Waals surface area contributed by atoms with Crippen LogP contribution in [-0.4, -0.2) is 19.8 Å². The highest BCUT2D eigenvalue weighted by molar-refractivity contribution is 5.55. The first kappa shape index (κ1) is 14.8. The van der Waals surface area contributed by atoms with Crippen molar-refractivity contribution in [2.75, 3.05) is 18.5 Å². The van der Waals surface area contributed by atoms with Crippen molar-refractivity contribution < 1.29 is 17.6 Å². The molecule has 0 spiro atoms. The standard InChI is InChI=1S/C12H16F4N2/c1-8(17)9-4-3-5-10(13)11(9)18(2)7-6-12(14,15)16/h3-5,8H,6-7,17H2,1-2H3. The van der Waals surface area contributed by atoms with Crippen molar-refractivity contribution in [2.24, 2.45) is 5.73 Å². The van der Waals surface area contributed by atoms with Crippen molar-refractivity contribution in [3.63, 3.8) is 0 Å². The first-order valence-corrected chi connectivity index (χ1v) is 5.54. The summed E-state index contributed by atoms with van der Waals surface area (Å²) in [6, 6.07) is 3.89. The molecule has 0 aliphatic carbocycles.